The van der Waals surface area contributed by atoms with Crippen molar-refractivity contribution in [2.45, 2.75) is 13.3 Å². The molecule has 1 nitrogen and oxygen atoms in total. The van der Waals surface area contributed by atoms with Crippen LogP contribution in [0.15, 0.2) is 24.3 Å². The minimum Gasteiger partial charge on any atom is -0.192 e. The van der Waals surface area contributed by atoms with E-state index in [0.717, 1.165) is 12.0 Å². The summed E-state index contributed by atoms with van der Waals surface area (Å²) in [5.41, 5.74) is 1.58. The van der Waals surface area contributed by atoms with Crippen LogP contribution < -0.4 is 0 Å². The van der Waals surface area contributed by atoms with Crippen molar-refractivity contribution in [2.75, 3.05) is 0 Å². The highest BCUT2D eigenvalue weighted by molar-refractivity contribution is 5.41. The largest absolute Gasteiger partial charge is 0.192 e. The van der Waals surface area contributed by atoms with Gasteiger partial charge in [0.15, 0.2) is 0 Å². The number of benzene rings is 1. The second-order valence-electron chi connectivity index (χ2n) is 2.35. The minimum absolute atomic E-state index is 0.665. The maximum atomic E-state index is 8.59. The number of nitriles is 1. The number of nitrogens with zero attached hydrogens (tertiary/aromatic N) is 1. The van der Waals surface area contributed by atoms with E-state index in [1.54, 1.807) is 12.1 Å². The second-order valence-corrected chi connectivity index (χ2v) is 2.35. The fourth-order valence-electron chi connectivity index (χ4n) is 0.857. The van der Waals surface area contributed by atoms with Crippen LogP contribution in [0.1, 0.15) is 24.5 Å². The number of rotatable bonds is 0. The van der Waals surface area contributed by atoms with Gasteiger partial charge in [-0.25, -0.2) is 0 Å². The third-order valence-corrected chi connectivity index (χ3v) is 1.40. The van der Waals surface area contributed by atoms with Gasteiger partial charge in [-0.1, -0.05) is 24.8 Å². The summed E-state index contributed by atoms with van der Waals surface area (Å²) in [6, 6.07) is 9.40. The van der Waals surface area contributed by atoms with E-state index in [9.17, 15) is 0 Å². The molecule has 0 unspecified atom stereocenters. The van der Waals surface area contributed by atoms with E-state index < -0.39 is 0 Å². The average molecular weight is 155 g/mol. The summed E-state index contributed by atoms with van der Waals surface area (Å²) in [6.45, 7) is 2.00. The van der Waals surface area contributed by atoms with Crippen LogP contribution >= 0.6 is 0 Å². The highest BCUT2D eigenvalue weighted by Gasteiger charge is 1.89. The van der Waals surface area contributed by atoms with Gasteiger partial charge in [-0.15, -0.1) is 0 Å². The van der Waals surface area contributed by atoms with Crippen molar-refractivity contribution in [3.05, 3.63) is 35.4 Å². The molecule has 0 N–H and O–H groups in total. The molecule has 0 aromatic heterocycles. The zero-order valence-electron chi connectivity index (χ0n) is 6.96. The highest BCUT2D eigenvalue weighted by atomic mass is 14.2. The minimum atomic E-state index is 0.665. The molecule has 58 valence electrons. The molecule has 12 heavy (non-hydrogen) atoms. The van der Waals surface area contributed by atoms with Crippen molar-refractivity contribution in [2.24, 2.45) is 0 Å². The van der Waals surface area contributed by atoms with E-state index in [1.807, 2.05) is 19.1 Å². The second kappa shape index (κ2) is 4.21. The SMILES string of the molecule is CCC#Cc1cccc(C#N)c1. The van der Waals surface area contributed by atoms with Gasteiger partial charge in [-0.2, -0.15) is 5.26 Å². The van der Waals surface area contributed by atoms with Crippen LogP contribution in [-0.4, -0.2) is 0 Å². The lowest BCUT2D eigenvalue weighted by molar-refractivity contribution is 1.28. The van der Waals surface area contributed by atoms with Crippen molar-refractivity contribution < 1.29 is 0 Å². The Bertz CT molecular complexity index is 361. The molecule has 1 rings (SSSR count). The molecule has 0 aliphatic heterocycles. The van der Waals surface area contributed by atoms with Crippen molar-refractivity contribution in [1.29, 1.82) is 5.26 Å². The van der Waals surface area contributed by atoms with Crippen molar-refractivity contribution in [1.82, 2.24) is 0 Å². The summed E-state index contributed by atoms with van der Waals surface area (Å²) >= 11 is 0. The molecule has 0 aliphatic rings. The molecule has 0 bridgehead atoms. The van der Waals surface area contributed by atoms with E-state index >= 15 is 0 Å². The van der Waals surface area contributed by atoms with Gasteiger partial charge in [0.2, 0.25) is 0 Å². The van der Waals surface area contributed by atoms with E-state index in [4.69, 9.17) is 5.26 Å². The number of hydrogen-bond donors (Lipinski definition) is 0. The first kappa shape index (κ1) is 8.37. The van der Waals surface area contributed by atoms with Crippen LogP contribution in [0.25, 0.3) is 0 Å². The predicted molar refractivity (Wildman–Crippen MR) is 48.3 cm³/mol. The fraction of sp³-hybridized carbons (Fsp3) is 0.182. The molecule has 1 aromatic carbocycles. The van der Waals surface area contributed by atoms with Gasteiger partial charge >= 0.3 is 0 Å². The van der Waals surface area contributed by atoms with Gasteiger partial charge in [0.05, 0.1) is 11.6 Å². The normalized spacial score (nSPS) is 8.00. The van der Waals surface area contributed by atoms with Gasteiger partial charge in [0, 0.05) is 12.0 Å². The maximum absolute atomic E-state index is 8.59. The Morgan fingerprint density at radius 3 is 2.75 bits per heavy atom. The Labute approximate surface area is 72.6 Å². The van der Waals surface area contributed by atoms with Crippen LogP contribution in [0.5, 0.6) is 0 Å². The standard InChI is InChI=1S/C11H9N/c1-2-3-5-10-6-4-7-11(8-10)9-12/h4,6-8H,2H2,1H3. The third-order valence-electron chi connectivity index (χ3n) is 1.40. The van der Waals surface area contributed by atoms with E-state index in [0.29, 0.717) is 5.56 Å². The molecule has 0 spiro atoms. The molecule has 0 saturated heterocycles. The van der Waals surface area contributed by atoms with Gasteiger partial charge in [0.1, 0.15) is 0 Å². The lowest BCUT2D eigenvalue weighted by Gasteiger charge is -1.89. The predicted octanol–water partition coefficient (Wildman–Crippen LogP) is 2.32. The third kappa shape index (κ3) is 2.15. The highest BCUT2D eigenvalue weighted by Crippen LogP contribution is 2.01. The molecule has 1 aromatic rings. The first-order chi connectivity index (χ1) is 5.86. The first-order valence-corrected chi connectivity index (χ1v) is 3.86. The van der Waals surface area contributed by atoms with Crippen LogP contribution in [0.4, 0.5) is 0 Å². The Morgan fingerprint density at radius 2 is 2.08 bits per heavy atom. The van der Waals surface area contributed by atoms with E-state index in [1.165, 1.54) is 0 Å². The molecular weight excluding hydrogens is 146 g/mol. The Balaban J connectivity index is 2.96. The maximum Gasteiger partial charge on any atom is 0.0992 e. The summed E-state index contributed by atoms with van der Waals surface area (Å²) in [6.07, 6.45) is 0.844. The van der Waals surface area contributed by atoms with Crippen LogP contribution in [0.2, 0.25) is 0 Å². The average Bonchev–Trinajstić information content (AvgIpc) is 2.15. The topological polar surface area (TPSA) is 23.8 Å². The molecule has 0 fully saturated rings. The molecule has 0 amide bonds. The van der Waals surface area contributed by atoms with Gasteiger partial charge in [-0.3, -0.25) is 0 Å². The zero-order chi connectivity index (χ0) is 8.81. The molecule has 0 aliphatic carbocycles. The molecular formula is C11H9N. The Morgan fingerprint density at radius 1 is 1.33 bits per heavy atom. The molecule has 0 atom stereocenters. The van der Waals surface area contributed by atoms with Crippen LogP contribution in [0, 0.1) is 23.2 Å². The zero-order valence-corrected chi connectivity index (χ0v) is 6.96. The lowest BCUT2D eigenvalue weighted by atomic mass is 10.1. The quantitative estimate of drug-likeness (QED) is 0.527. The Hall–Kier alpha value is -1.73. The molecule has 0 saturated carbocycles. The summed E-state index contributed by atoms with van der Waals surface area (Å²) < 4.78 is 0. The van der Waals surface area contributed by atoms with Gasteiger partial charge < -0.3 is 0 Å². The molecule has 0 radical (unpaired) electrons. The molecule has 0 heterocycles. The monoisotopic (exact) mass is 155 g/mol. The lowest BCUT2D eigenvalue weighted by Crippen LogP contribution is -1.76. The van der Waals surface area contributed by atoms with Crippen LogP contribution in [-0.2, 0) is 0 Å². The van der Waals surface area contributed by atoms with Crippen molar-refractivity contribution >= 4 is 0 Å². The van der Waals surface area contributed by atoms with Crippen LogP contribution in [0.3, 0.4) is 0 Å². The Kier molecular flexibility index (Phi) is 2.94. The van der Waals surface area contributed by atoms with Crippen molar-refractivity contribution in [3.8, 4) is 17.9 Å². The van der Waals surface area contributed by atoms with Gasteiger partial charge in [-0.05, 0) is 18.2 Å². The summed E-state index contributed by atoms with van der Waals surface area (Å²) in [5.74, 6) is 5.92. The first-order valence-electron chi connectivity index (χ1n) is 3.86. The van der Waals surface area contributed by atoms with Crippen molar-refractivity contribution in [3.63, 3.8) is 0 Å². The summed E-state index contributed by atoms with van der Waals surface area (Å²) in [7, 11) is 0. The smallest absolute Gasteiger partial charge is 0.0992 e. The molecule has 1 heteroatoms. The number of hydrogen-bond acceptors (Lipinski definition) is 1. The van der Waals surface area contributed by atoms with Gasteiger partial charge in [0.25, 0.3) is 0 Å². The summed E-state index contributed by atoms with van der Waals surface area (Å²) in [4.78, 5) is 0. The fourth-order valence-corrected chi connectivity index (χ4v) is 0.857. The van der Waals surface area contributed by atoms with E-state index in [-0.39, 0.29) is 0 Å². The summed E-state index contributed by atoms with van der Waals surface area (Å²) in [5, 5.41) is 8.59. The van der Waals surface area contributed by atoms with E-state index in [2.05, 4.69) is 17.9 Å².